The van der Waals surface area contributed by atoms with Gasteiger partial charge in [0.1, 0.15) is 5.82 Å². The molecule has 1 aliphatic carbocycles. The third kappa shape index (κ3) is 1.43. The second-order valence-corrected chi connectivity index (χ2v) is 3.64. The molecule has 0 bridgehead atoms. The van der Waals surface area contributed by atoms with Gasteiger partial charge < -0.3 is 5.73 Å². The van der Waals surface area contributed by atoms with Crippen molar-refractivity contribution in [2.75, 3.05) is 5.73 Å². The molecule has 2 N–H and O–H groups in total. The van der Waals surface area contributed by atoms with Crippen molar-refractivity contribution in [3.8, 4) is 0 Å². The summed E-state index contributed by atoms with van der Waals surface area (Å²) in [6.07, 6.45) is 6.33. The van der Waals surface area contributed by atoms with Crippen molar-refractivity contribution in [2.24, 2.45) is 0 Å². The molecule has 2 rings (SSSR count). The Morgan fingerprint density at radius 2 is 2.29 bits per heavy atom. The second kappa shape index (κ2) is 3.29. The highest BCUT2D eigenvalue weighted by Crippen LogP contribution is 2.29. The maximum atomic E-state index is 5.70. The van der Waals surface area contributed by atoms with Gasteiger partial charge in [-0.15, -0.1) is 0 Å². The SMILES string of the molecule is C=C1CCC=Cc2cc(N)nc(C)c21. The maximum Gasteiger partial charge on any atom is 0.124 e. The molecule has 0 unspecified atom stereocenters. The number of aryl methyl sites for hydroxylation is 1. The van der Waals surface area contributed by atoms with Gasteiger partial charge in [0.25, 0.3) is 0 Å². The van der Waals surface area contributed by atoms with Gasteiger partial charge in [-0.25, -0.2) is 4.98 Å². The van der Waals surface area contributed by atoms with Gasteiger partial charge in [0, 0.05) is 11.3 Å². The first-order chi connectivity index (χ1) is 6.68. The van der Waals surface area contributed by atoms with Crippen molar-refractivity contribution in [2.45, 2.75) is 19.8 Å². The van der Waals surface area contributed by atoms with Gasteiger partial charge in [0.15, 0.2) is 0 Å². The van der Waals surface area contributed by atoms with Gasteiger partial charge in [-0.1, -0.05) is 18.7 Å². The van der Waals surface area contributed by atoms with Gasteiger partial charge >= 0.3 is 0 Å². The average Bonchev–Trinajstić information content (AvgIpc) is 2.27. The van der Waals surface area contributed by atoms with Crippen LogP contribution in [0.2, 0.25) is 0 Å². The highest BCUT2D eigenvalue weighted by atomic mass is 14.8. The summed E-state index contributed by atoms with van der Waals surface area (Å²) < 4.78 is 0. The lowest BCUT2D eigenvalue weighted by Crippen LogP contribution is -1.99. The molecular formula is C12H14N2. The molecule has 1 aliphatic rings. The highest BCUT2D eigenvalue weighted by molar-refractivity contribution is 5.77. The van der Waals surface area contributed by atoms with Gasteiger partial charge in [-0.05, 0) is 37.0 Å². The van der Waals surface area contributed by atoms with Crippen LogP contribution in [0.4, 0.5) is 5.82 Å². The summed E-state index contributed by atoms with van der Waals surface area (Å²) in [5, 5.41) is 0. The van der Waals surface area contributed by atoms with Gasteiger partial charge in [-0.3, -0.25) is 0 Å². The molecule has 0 saturated heterocycles. The molecule has 72 valence electrons. The van der Waals surface area contributed by atoms with E-state index in [2.05, 4.69) is 23.7 Å². The Kier molecular flexibility index (Phi) is 2.12. The van der Waals surface area contributed by atoms with Crippen molar-refractivity contribution in [3.63, 3.8) is 0 Å². The molecule has 2 heteroatoms. The van der Waals surface area contributed by atoms with E-state index in [1.54, 1.807) is 0 Å². The number of allylic oxidation sites excluding steroid dienone is 2. The quantitative estimate of drug-likeness (QED) is 0.676. The van der Waals surface area contributed by atoms with E-state index in [0.717, 1.165) is 29.7 Å². The number of nitrogens with zero attached hydrogens (tertiary/aromatic N) is 1. The first-order valence-corrected chi connectivity index (χ1v) is 4.80. The third-order valence-corrected chi connectivity index (χ3v) is 2.51. The summed E-state index contributed by atoms with van der Waals surface area (Å²) in [7, 11) is 0. The number of aromatic nitrogens is 1. The van der Waals surface area contributed by atoms with Crippen molar-refractivity contribution < 1.29 is 0 Å². The van der Waals surface area contributed by atoms with E-state index in [0.29, 0.717) is 5.82 Å². The molecule has 1 aromatic rings. The van der Waals surface area contributed by atoms with E-state index in [9.17, 15) is 0 Å². The Morgan fingerprint density at radius 3 is 3.07 bits per heavy atom. The number of pyridine rings is 1. The first kappa shape index (κ1) is 9.00. The van der Waals surface area contributed by atoms with Crippen LogP contribution in [0.5, 0.6) is 0 Å². The van der Waals surface area contributed by atoms with Gasteiger partial charge in [-0.2, -0.15) is 0 Å². The van der Waals surface area contributed by atoms with E-state index < -0.39 is 0 Å². The van der Waals surface area contributed by atoms with E-state index >= 15 is 0 Å². The van der Waals surface area contributed by atoms with Crippen LogP contribution in [0.3, 0.4) is 0 Å². The summed E-state index contributed by atoms with van der Waals surface area (Å²) in [5.41, 5.74) is 10.2. The van der Waals surface area contributed by atoms with Gasteiger partial charge in [0.2, 0.25) is 0 Å². The molecular weight excluding hydrogens is 172 g/mol. The molecule has 0 fully saturated rings. The van der Waals surface area contributed by atoms with Crippen LogP contribution in [0.15, 0.2) is 18.7 Å². The Labute approximate surface area is 84.2 Å². The molecule has 0 spiro atoms. The largest absolute Gasteiger partial charge is 0.384 e. The zero-order valence-electron chi connectivity index (χ0n) is 8.38. The first-order valence-electron chi connectivity index (χ1n) is 4.80. The minimum absolute atomic E-state index is 0.584. The summed E-state index contributed by atoms with van der Waals surface area (Å²) in [6.45, 7) is 6.07. The predicted molar refractivity (Wildman–Crippen MR) is 60.7 cm³/mol. The van der Waals surface area contributed by atoms with E-state index in [-0.39, 0.29) is 0 Å². The number of fused-ring (bicyclic) bond motifs is 1. The molecule has 0 aromatic carbocycles. The van der Waals surface area contributed by atoms with Crippen molar-refractivity contribution >= 4 is 17.5 Å². The lowest BCUT2D eigenvalue weighted by Gasteiger charge is -2.10. The molecule has 14 heavy (non-hydrogen) atoms. The van der Waals surface area contributed by atoms with Crippen LogP contribution in [-0.4, -0.2) is 4.98 Å². The fraction of sp³-hybridized carbons (Fsp3) is 0.250. The number of rotatable bonds is 0. The molecule has 0 amide bonds. The zero-order chi connectivity index (χ0) is 10.1. The van der Waals surface area contributed by atoms with Crippen LogP contribution in [0.1, 0.15) is 29.7 Å². The molecule has 2 nitrogen and oxygen atoms in total. The smallest absolute Gasteiger partial charge is 0.124 e. The fourth-order valence-corrected chi connectivity index (χ4v) is 1.91. The lowest BCUT2D eigenvalue weighted by atomic mass is 9.99. The Hall–Kier alpha value is -1.57. The van der Waals surface area contributed by atoms with Crippen LogP contribution in [-0.2, 0) is 0 Å². The van der Waals surface area contributed by atoms with E-state index in [1.165, 1.54) is 5.56 Å². The van der Waals surface area contributed by atoms with Gasteiger partial charge in [0.05, 0.1) is 0 Å². The van der Waals surface area contributed by atoms with Crippen molar-refractivity contribution in [1.29, 1.82) is 0 Å². The topological polar surface area (TPSA) is 38.9 Å². The average molecular weight is 186 g/mol. The third-order valence-electron chi connectivity index (χ3n) is 2.51. The Bertz CT molecular complexity index is 417. The van der Waals surface area contributed by atoms with Crippen molar-refractivity contribution in [1.82, 2.24) is 4.98 Å². The summed E-state index contributed by atoms with van der Waals surface area (Å²) in [5.74, 6) is 0.584. The molecule has 0 radical (unpaired) electrons. The minimum atomic E-state index is 0.584. The van der Waals surface area contributed by atoms with E-state index in [1.807, 2.05) is 13.0 Å². The zero-order valence-corrected chi connectivity index (χ0v) is 8.38. The number of hydrogen-bond donors (Lipinski definition) is 1. The van der Waals surface area contributed by atoms with Crippen LogP contribution in [0.25, 0.3) is 11.6 Å². The molecule has 0 aliphatic heterocycles. The normalized spacial score (nSPS) is 15.1. The second-order valence-electron chi connectivity index (χ2n) is 3.64. The number of nitrogen functional groups attached to an aromatic ring is 1. The predicted octanol–water partition coefficient (Wildman–Crippen LogP) is 2.79. The molecule has 0 saturated carbocycles. The molecule has 1 heterocycles. The van der Waals surface area contributed by atoms with Crippen LogP contribution in [0, 0.1) is 6.92 Å². The monoisotopic (exact) mass is 186 g/mol. The maximum absolute atomic E-state index is 5.70. The lowest BCUT2D eigenvalue weighted by molar-refractivity contribution is 1.07. The highest BCUT2D eigenvalue weighted by Gasteiger charge is 2.11. The number of nitrogens with two attached hydrogens (primary N) is 1. The summed E-state index contributed by atoms with van der Waals surface area (Å²) in [4.78, 5) is 4.26. The molecule has 1 aromatic heterocycles. The standard InChI is InChI=1S/C12H14N2/c1-8-5-3-4-6-10-7-11(13)14-9(2)12(8)10/h4,6-7H,1,3,5H2,2H3,(H2,13,14). The summed E-state index contributed by atoms with van der Waals surface area (Å²) >= 11 is 0. The number of hydrogen-bond acceptors (Lipinski definition) is 2. The Morgan fingerprint density at radius 1 is 1.50 bits per heavy atom. The summed E-state index contributed by atoms with van der Waals surface area (Å²) in [6, 6.07) is 1.91. The van der Waals surface area contributed by atoms with E-state index in [4.69, 9.17) is 5.73 Å². The number of anilines is 1. The Balaban J connectivity index is 2.67. The molecule has 0 atom stereocenters. The van der Waals surface area contributed by atoms with Crippen LogP contribution >= 0.6 is 0 Å². The van der Waals surface area contributed by atoms with Crippen LogP contribution < -0.4 is 5.73 Å². The minimum Gasteiger partial charge on any atom is -0.384 e. The fourth-order valence-electron chi connectivity index (χ4n) is 1.91. The van der Waals surface area contributed by atoms with Crippen molar-refractivity contribution in [3.05, 3.63) is 35.5 Å².